The van der Waals surface area contributed by atoms with E-state index < -0.39 is 17.6 Å². The van der Waals surface area contributed by atoms with Crippen LogP contribution in [0.3, 0.4) is 0 Å². The van der Waals surface area contributed by atoms with Gasteiger partial charge in [0.2, 0.25) is 0 Å². The minimum atomic E-state index is -1.13. The number of carbonyl (C=O) groups is 1. The number of rotatable bonds is 8. The van der Waals surface area contributed by atoms with Gasteiger partial charge in [-0.05, 0) is 47.6 Å². The van der Waals surface area contributed by atoms with Crippen molar-refractivity contribution >= 4 is 16.9 Å². The molecule has 4 rings (SSSR count). The zero-order valence-corrected chi connectivity index (χ0v) is 23.6. The maximum atomic E-state index is 14.1. The summed E-state index contributed by atoms with van der Waals surface area (Å²) in [5.74, 6) is 0.814. The summed E-state index contributed by atoms with van der Waals surface area (Å²) in [4.78, 5) is 26.1. The van der Waals surface area contributed by atoms with Crippen molar-refractivity contribution in [3.8, 4) is 16.9 Å². The first-order valence-electron chi connectivity index (χ1n) is 13.4. The number of fused-ring (bicyclic) bond motifs is 1. The van der Waals surface area contributed by atoms with Crippen molar-refractivity contribution in [2.75, 3.05) is 0 Å². The molecule has 6 heteroatoms. The molecular weight excluding hydrogens is 488 g/mol. The van der Waals surface area contributed by atoms with Gasteiger partial charge in [0.1, 0.15) is 12.4 Å². The maximum Gasteiger partial charge on any atom is 0.405 e. The van der Waals surface area contributed by atoms with Gasteiger partial charge in [-0.3, -0.25) is 4.79 Å². The Labute approximate surface area is 230 Å². The topological polar surface area (TPSA) is 80.6 Å². The highest BCUT2D eigenvalue weighted by atomic mass is 16.5. The Balaban J connectivity index is 2.06. The summed E-state index contributed by atoms with van der Waals surface area (Å²) in [5.41, 5.74) is 3.92. The summed E-state index contributed by atoms with van der Waals surface area (Å²) in [5, 5.41) is 13.9. The molecule has 39 heavy (non-hydrogen) atoms. The van der Waals surface area contributed by atoms with Crippen molar-refractivity contribution in [3.63, 3.8) is 0 Å². The van der Waals surface area contributed by atoms with Gasteiger partial charge in [-0.25, -0.2) is 4.79 Å². The van der Waals surface area contributed by atoms with Crippen LogP contribution in [0.1, 0.15) is 57.5 Å². The van der Waals surface area contributed by atoms with Crippen LogP contribution >= 0.6 is 0 Å². The summed E-state index contributed by atoms with van der Waals surface area (Å²) in [6.45, 7) is 13.0. The molecule has 0 radical (unpaired) electrons. The molecular formula is C33H38N2O4. The molecule has 3 aromatic carbocycles. The average molecular weight is 527 g/mol. The van der Waals surface area contributed by atoms with Gasteiger partial charge in [0.05, 0.1) is 11.7 Å². The van der Waals surface area contributed by atoms with E-state index in [4.69, 9.17) is 4.74 Å². The molecule has 1 amide bonds. The molecule has 0 saturated heterocycles. The van der Waals surface area contributed by atoms with Crippen molar-refractivity contribution in [2.24, 2.45) is 11.3 Å². The Bertz CT molecular complexity index is 1510. The van der Waals surface area contributed by atoms with Gasteiger partial charge in [0, 0.05) is 22.9 Å². The van der Waals surface area contributed by atoms with Crippen molar-refractivity contribution in [1.82, 2.24) is 9.88 Å². The van der Waals surface area contributed by atoms with Gasteiger partial charge in [-0.1, -0.05) is 94.8 Å². The Morgan fingerprint density at radius 1 is 0.974 bits per heavy atom. The summed E-state index contributed by atoms with van der Waals surface area (Å²) in [6.07, 6.45) is -1.13. The minimum absolute atomic E-state index is 0.138. The maximum absolute atomic E-state index is 14.1. The number of pyridine rings is 1. The average Bonchev–Trinajstić information content (AvgIpc) is 2.88. The number of aryl methyl sites for hydroxylation is 1. The highest BCUT2D eigenvalue weighted by Crippen LogP contribution is 2.42. The van der Waals surface area contributed by atoms with Gasteiger partial charge >= 0.3 is 6.09 Å². The van der Waals surface area contributed by atoms with Gasteiger partial charge in [-0.2, -0.15) is 0 Å². The number of ether oxygens (including phenoxy) is 1. The van der Waals surface area contributed by atoms with Crippen LogP contribution in [-0.4, -0.2) is 15.8 Å². The van der Waals surface area contributed by atoms with Crippen LogP contribution in [0.25, 0.3) is 21.9 Å². The van der Waals surface area contributed by atoms with Crippen LogP contribution in [0.5, 0.6) is 5.75 Å². The molecule has 0 saturated carbocycles. The molecule has 1 heterocycles. The van der Waals surface area contributed by atoms with Crippen molar-refractivity contribution in [3.05, 3.63) is 100.0 Å². The molecule has 0 bridgehead atoms. The molecule has 0 aliphatic rings. The lowest BCUT2D eigenvalue weighted by Crippen LogP contribution is -2.40. The quantitative estimate of drug-likeness (QED) is 0.248. The van der Waals surface area contributed by atoms with E-state index >= 15 is 0 Å². The van der Waals surface area contributed by atoms with Gasteiger partial charge in [0.25, 0.3) is 5.56 Å². The van der Waals surface area contributed by atoms with Crippen molar-refractivity contribution < 1.29 is 14.6 Å². The van der Waals surface area contributed by atoms with Crippen LogP contribution in [-0.2, 0) is 13.2 Å². The van der Waals surface area contributed by atoms with Crippen LogP contribution in [0.2, 0.25) is 0 Å². The summed E-state index contributed by atoms with van der Waals surface area (Å²) in [7, 11) is 0. The Morgan fingerprint density at radius 3 is 2.23 bits per heavy atom. The van der Waals surface area contributed by atoms with Crippen LogP contribution < -0.4 is 15.6 Å². The first-order valence-corrected chi connectivity index (χ1v) is 13.4. The van der Waals surface area contributed by atoms with E-state index in [2.05, 4.69) is 19.2 Å². The third-order valence-corrected chi connectivity index (χ3v) is 6.83. The highest BCUT2D eigenvalue weighted by molar-refractivity contribution is 5.98. The Hall–Kier alpha value is -4.06. The fraction of sp³-hybridized carbons (Fsp3) is 0.333. The van der Waals surface area contributed by atoms with E-state index in [9.17, 15) is 14.7 Å². The zero-order valence-electron chi connectivity index (χ0n) is 23.6. The second-order valence-electron chi connectivity index (χ2n) is 11.7. The third kappa shape index (κ3) is 6.33. The predicted octanol–water partition coefficient (Wildman–Crippen LogP) is 7.57. The van der Waals surface area contributed by atoms with E-state index in [-0.39, 0.29) is 11.5 Å². The fourth-order valence-electron chi connectivity index (χ4n) is 4.96. The second kappa shape index (κ2) is 11.4. The molecule has 0 aliphatic carbocycles. The van der Waals surface area contributed by atoms with Crippen molar-refractivity contribution in [1.29, 1.82) is 0 Å². The summed E-state index contributed by atoms with van der Waals surface area (Å²) >= 11 is 0. The van der Waals surface area contributed by atoms with E-state index in [1.807, 2.05) is 100 Å². The number of nitrogens with zero attached hydrogens (tertiary/aromatic N) is 1. The summed E-state index contributed by atoms with van der Waals surface area (Å²) in [6, 6.07) is 23.0. The normalized spacial score (nSPS) is 12.5. The lowest BCUT2D eigenvalue weighted by Gasteiger charge is -2.35. The molecule has 204 valence electrons. The summed E-state index contributed by atoms with van der Waals surface area (Å²) < 4.78 is 7.93. The van der Waals surface area contributed by atoms with E-state index in [1.54, 1.807) is 4.57 Å². The molecule has 1 unspecified atom stereocenters. The number of aromatic nitrogens is 1. The third-order valence-electron chi connectivity index (χ3n) is 6.83. The molecule has 1 aromatic heterocycles. The molecule has 6 nitrogen and oxygen atoms in total. The smallest absolute Gasteiger partial charge is 0.405 e. The van der Waals surface area contributed by atoms with Gasteiger partial charge < -0.3 is 19.7 Å². The van der Waals surface area contributed by atoms with E-state index in [0.717, 1.165) is 27.6 Å². The minimum Gasteiger partial charge on any atom is -0.489 e. The number of nitrogens with one attached hydrogen (secondary N) is 1. The molecule has 0 spiro atoms. The van der Waals surface area contributed by atoms with Crippen LogP contribution in [0.4, 0.5) is 4.79 Å². The monoisotopic (exact) mass is 526 g/mol. The molecule has 4 aromatic rings. The second-order valence-corrected chi connectivity index (χ2v) is 11.7. The molecule has 0 aliphatic heterocycles. The number of amides is 1. The van der Waals surface area contributed by atoms with Crippen LogP contribution in [0, 0.1) is 18.3 Å². The standard InChI is InChI=1S/C33H38N2O4/c1-21(2)19-35-29(30(33(4,5)6)34-32(37)38)28(24-14-12-22(3)13-15-24)27-18-25(16-17-26(27)31(35)36)39-20-23-10-8-7-9-11-23/h7-18,21,30,34H,19-20H2,1-6H3,(H,37,38). The first kappa shape index (κ1) is 28.0. The number of hydrogen-bond acceptors (Lipinski definition) is 3. The van der Waals surface area contributed by atoms with Crippen molar-refractivity contribution in [2.45, 2.75) is 60.7 Å². The predicted molar refractivity (Wildman–Crippen MR) is 157 cm³/mol. The Morgan fingerprint density at radius 2 is 1.64 bits per heavy atom. The van der Waals surface area contributed by atoms with Gasteiger partial charge in [-0.15, -0.1) is 0 Å². The zero-order chi connectivity index (χ0) is 28.3. The lowest BCUT2D eigenvalue weighted by molar-refractivity contribution is 0.172. The SMILES string of the molecule is Cc1ccc(-c2c(C(NC(=O)O)C(C)(C)C)n(CC(C)C)c(=O)c3ccc(OCc4ccccc4)cc23)cc1. The Kier molecular flexibility index (Phi) is 8.14. The van der Waals surface area contributed by atoms with Crippen LogP contribution in [0.15, 0.2) is 77.6 Å². The largest absolute Gasteiger partial charge is 0.489 e. The molecule has 1 atom stereocenters. The van der Waals surface area contributed by atoms with E-state index in [1.165, 1.54) is 0 Å². The van der Waals surface area contributed by atoms with Gasteiger partial charge in [0.15, 0.2) is 0 Å². The van der Waals surface area contributed by atoms with E-state index in [0.29, 0.717) is 30.0 Å². The lowest BCUT2D eigenvalue weighted by atomic mass is 9.80. The number of carboxylic acid groups (broad SMARTS) is 1. The first-order chi connectivity index (χ1) is 18.5. The number of benzene rings is 3. The molecule has 2 N–H and O–H groups in total. The molecule has 0 fully saturated rings. The number of hydrogen-bond donors (Lipinski definition) is 2. The fourth-order valence-corrected chi connectivity index (χ4v) is 4.96. The highest BCUT2D eigenvalue weighted by Gasteiger charge is 2.34.